The molecule has 0 radical (unpaired) electrons. The molecule has 3 N–H and O–H groups in total. The number of rotatable bonds is 6. The first-order chi connectivity index (χ1) is 27.4. The second-order valence-electron chi connectivity index (χ2n) is 18.1. The first-order valence-electron chi connectivity index (χ1n) is 20.2. The number of carbonyl (C=O) groups is 4. The Bertz CT molecular complexity index is 2200. The molecule has 1 aromatic carbocycles. The highest BCUT2D eigenvalue weighted by Crippen LogP contribution is 2.58. The van der Waals surface area contributed by atoms with Gasteiger partial charge < -0.3 is 25.0 Å². The third kappa shape index (κ3) is 7.86. The van der Waals surface area contributed by atoms with Gasteiger partial charge in [-0.2, -0.15) is 4.98 Å². The van der Waals surface area contributed by atoms with E-state index >= 15 is 0 Å². The van der Waals surface area contributed by atoms with Crippen molar-refractivity contribution in [1.82, 2.24) is 29.8 Å². The lowest BCUT2D eigenvalue weighted by molar-refractivity contribution is -0.143. The lowest BCUT2D eigenvalue weighted by atomic mass is 9.85. The van der Waals surface area contributed by atoms with Gasteiger partial charge >= 0.3 is 6.09 Å². The number of hydrogen-bond donors (Lipinski definition) is 3. The Morgan fingerprint density at radius 2 is 1.79 bits per heavy atom. The van der Waals surface area contributed by atoms with Crippen LogP contribution in [0.2, 0.25) is 5.02 Å². The molecule has 9 atom stereocenters. The van der Waals surface area contributed by atoms with Gasteiger partial charge in [-0.05, 0) is 86.3 Å². The Kier molecular flexibility index (Phi) is 10.4. The van der Waals surface area contributed by atoms with Crippen molar-refractivity contribution < 1.29 is 45.9 Å². The largest absolute Gasteiger partial charge is 0.459 e. The van der Waals surface area contributed by atoms with Crippen LogP contribution in [0.3, 0.4) is 0 Å². The Labute approximate surface area is 339 Å². The monoisotopic (exact) mass is 850 g/mol. The molecule has 58 heavy (non-hydrogen) atoms. The zero-order valence-electron chi connectivity index (χ0n) is 32.5. The number of hydrogen-bond acceptors (Lipinski definition) is 10. The van der Waals surface area contributed by atoms with E-state index in [-0.39, 0.29) is 48.6 Å². The molecule has 19 heteroatoms. The molecule has 4 amide bonds. The molecule has 3 heterocycles. The molecule has 4 saturated carbocycles. The maximum absolute atomic E-state index is 14.7. The van der Waals surface area contributed by atoms with Crippen molar-refractivity contribution in [2.75, 3.05) is 6.54 Å². The number of alkyl carbamates (subject to hydrolysis) is 1. The quantitative estimate of drug-likeness (QED) is 0.384. The summed E-state index contributed by atoms with van der Waals surface area (Å²) in [5.41, 5.74) is -3.28. The van der Waals surface area contributed by atoms with Crippen molar-refractivity contribution in [2.45, 2.75) is 133 Å². The molecular weight excluding hydrogens is 802 g/mol. The average molecular weight is 851 g/mol. The third-order valence-corrected chi connectivity index (χ3v) is 14.9. The van der Waals surface area contributed by atoms with Gasteiger partial charge in [-0.1, -0.05) is 45.2 Å². The van der Waals surface area contributed by atoms with Crippen LogP contribution in [-0.4, -0.2) is 94.7 Å². The van der Waals surface area contributed by atoms with Crippen LogP contribution in [0.4, 0.5) is 13.6 Å². The minimum Gasteiger partial charge on any atom is -0.459 e. The number of amides is 4. The summed E-state index contributed by atoms with van der Waals surface area (Å²) in [7, 11) is -4.16. The number of alkyl halides is 2. The summed E-state index contributed by atoms with van der Waals surface area (Å²) in [6.45, 7) is 5.18. The van der Waals surface area contributed by atoms with Crippen molar-refractivity contribution in [1.29, 1.82) is 0 Å². The topological polar surface area (TPSA) is 195 Å². The summed E-state index contributed by atoms with van der Waals surface area (Å²) in [5.74, 6) is -3.56. The number of ether oxygens (including phenoxy) is 2. The van der Waals surface area contributed by atoms with Crippen molar-refractivity contribution in [3.05, 3.63) is 33.6 Å². The predicted molar refractivity (Wildman–Crippen MR) is 205 cm³/mol. The first-order valence-corrected chi connectivity index (χ1v) is 22.1. The fourth-order valence-electron chi connectivity index (χ4n) is 9.31. The molecule has 1 aromatic heterocycles. The maximum atomic E-state index is 14.7. The maximum Gasteiger partial charge on any atom is 0.408 e. The normalized spacial score (nSPS) is 32.8. The Morgan fingerprint density at radius 1 is 1.03 bits per heavy atom. The highest BCUT2D eigenvalue weighted by molar-refractivity contribution is 7.91. The van der Waals surface area contributed by atoms with E-state index in [0.717, 1.165) is 32.1 Å². The molecule has 15 nitrogen and oxygen atoms in total. The van der Waals surface area contributed by atoms with Crippen LogP contribution in [0.5, 0.6) is 6.01 Å². The number of fused-ring (bicyclic) bond motifs is 7. The minimum absolute atomic E-state index is 0.0637. The zero-order valence-corrected chi connectivity index (χ0v) is 34.1. The molecule has 316 valence electrons. The van der Waals surface area contributed by atoms with Crippen LogP contribution < -0.4 is 25.7 Å². The summed E-state index contributed by atoms with van der Waals surface area (Å²) in [5, 5.41) is 5.00. The summed E-state index contributed by atoms with van der Waals surface area (Å²) < 4.78 is 69.5. The first kappa shape index (κ1) is 40.7. The van der Waals surface area contributed by atoms with Crippen LogP contribution >= 0.6 is 11.6 Å². The van der Waals surface area contributed by atoms with Crippen LogP contribution in [0, 0.1) is 29.1 Å². The molecule has 5 fully saturated rings. The van der Waals surface area contributed by atoms with Gasteiger partial charge in [0.15, 0.2) is 0 Å². The molecule has 2 aromatic rings. The summed E-state index contributed by atoms with van der Waals surface area (Å²) in [6, 6.07) is 1.96. The number of halogens is 3. The van der Waals surface area contributed by atoms with Gasteiger partial charge in [-0.25, -0.2) is 22.0 Å². The fraction of sp³-hybridized carbons (Fsp3) is 0.692. The van der Waals surface area contributed by atoms with E-state index < -0.39 is 87.0 Å². The molecule has 1 saturated heterocycles. The summed E-state index contributed by atoms with van der Waals surface area (Å²) in [4.78, 5) is 75.9. The molecule has 8 rings (SSSR count). The van der Waals surface area contributed by atoms with E-state index in [2.05, 4.69) is 15.6 Å². The standard InChI is InChI=1S/C39H49ClF2N6O9S/c1-38(2,3)30-34(51)48-18-21(16-28(48)32(49)45-39(17-26(39)31(41)42)35(52)46-58(54,55)22-9-10-22)56-36-43-27-15-20(40)8-11-24(27)33(50)47(36)12-6-4-5-7-23-25-13-19(25)14-29(23)57-37(53)44-30/h8,11,15,19,21-23,25-26,28-31H,4-7,9-10,12-14,16-18H2,1-3H3,(H,44,53)(H,45,49)(H,46,52)/t19-,21+,23+,25?,26?,28-,29+,30+,39+/m0/s1. The smallest absolute Gasteiger partial charge is 0.408 e. The third-order valence-electron chi connectivity index (χ3n) is 12.9. The van der Waals surface area contributed by atoms with Gasteiger partial charge in [0.25, 0.3) is 17.5 Å². The van der Waals surface area contributed by atoms with Gasteiger partial charge in [0.2, 0.25) is 28.3 Å². The van der Waals surface area contributed by atoms with Gasteiger partial charge in [0.05, 0.1) is 28.6 Å². The Balaban J connectivity index is 1.14. The van der Waals surface area contributed by atoms with Crippen molar-refractivity contribution in [3.63, 3.8) is 0 Å². The second kappa shape index (κ2) is 14.9. The predicted octanol–water partition coefficient (Wildman–Crippen LogP) is 3.89. The average Bonchev–Trinajstić information content (AvgIpc) is 4.08. The molecule has 4 aliphatic carbocycles. The van der Waals surface area contributed by atoms with E-state index in [1.165, 1.54) is 15.5 Å². The molecule has 2 bridgehead atoms. The van der Waals surface area contributed by atoms with E-state index in [9.17, 15) is 41.2 Å². The lowest BCUT2D eigenvalue weighted by Gasteiger charge is -2.36. The number of carbonyl (C=O) groups excluding carboxylic acids is 4. The number of sulfonamides is 1. The van der Waals surface area contributed by atoms with Gasteiger partial charge in [-0.15, -0.1) is 0 Å². The Hall–Kier alpha value is -4.06. The van der Waals surface area contributed by atoms with Gasteiger partial charge in [0, 0.05) is 18.0 Å². The van der Waals surface area contributed by atoms with Crippen molar-refractivity contribution in [3.8, 4) is 6.01 Å². The molecule has 2 aliphatic heterocycles. The van der Waals surface area contributed by atoms with E-state index in [1.807, 2.05) is 4.72 Å². The number of aromatic nitrogens is 2. The molecule has 6 aliphatic rings. The minimum atomic E-state index is -4.16. The van der Waals surface area contributed by atoms with Crippen molar-refractivity contribution >= 4 is 56.3 Å². The van der Waals surface area contributed by atoms with Crippen molar-refractivity contribution in [2.24, 2.45) is 29.1 Å². The van der Waals surface area contributed by atoms with E-state index in [1.54, 1.807) is 32.9 Å². The number of nitrogens with zero attached hydrogens (tertiary/aromatic N) is 3. The second-order valence-corrected chi connectivity index (χ2v) is 20.5. The lowest BCUT2D eigenvalue weighted by Crippen LogP contribution is -2.60. The number of benzene rings is 1. The van der Waals surface area contributed by atoms with Crippen LogP contribution in [0.25, 0.3) is 10.9 Å². The summed E-state index contributed by atoms with van der Waals surface area (Å²) >= 11 is 6.27. The highest BCUT2D eigenvalue weighted by atomic mass is 35.5. The molecular formula is C39H49ClF2N6O9S. The SMILES string of the molecule is CC(C)(C)[C@@H]1NC(=O)O[C@@H]2C[C@@H]3CC3[C@H]2CCCCCn2c(nc3cc(Cl)ccc3c2=O)O[C@@H]2C[C@@H](C(=O)N[C@]3(C(=O)NS(=O)(=O)C4CC4)CC3C(F)F)N(C2)C1=O. The highest BCUT2D eigenvalue weighted by Gasteiger charge is 2.67. The molecule has 2 unspecified atom stereocenters. The molecule has 0 spiro atoms. The van der Waals surface area contributed by atoms with E-state index in [0.29, 0.717) is 41.5 Å². The Morgan fingerprint density at radius 3 is 2.48 bits per heavy atom. The van der Waals surface area contributed by atoms with Crippen LogP contribution in [-0.2, 0) is 35.7 Å². The van der Waals surface area contributed by atoms with Crippen LogP contribution in [0.15, 0.2) is 23.0 Å². The van der Waals surface area contributed by atoms with Crippen LogP contribution in [0.1, 0.15) is 85.0 Å². The fourth-order valence-corrected chi connectivity index (χ4v) is 10.8. The van der Waals surface area contributed by atoms with E-state index in [4.69, 9.17) is 21.1 Å². The van der Waals surface area contributed by atoms with Gasteiger partial charge in [-0.3, -0.25) is 28.5 Å². The number of nitrogens with one attached hydrogen (secondary N) is 3. The van der Waals surface area contributed by atoms with Gasteiger partial charge in [0.1, 0.15) is 29.8 Å². The summed E-state index contributed by atoms with van der Waals surface area (Å²) in [6.07, 6.45) is -0.446. The zero-order chi connectivity index (χ0) is 41.5.